The highest BCUT2D eigenvalue weighted by Crippen LogP contribution is 2.52. The Kier molecular flexibility index (Phi) is 15.9. The van der Waals surface area contributed by atoms with Crippen molar-refractivity contribution < 1.29 is 0 Å². The van der Waals surface area contributed by atoms with E-state index in [0.29, 0.717) is 0 Å². The van der Waals surface area contributed by atoms with Crippen LogP contribution >= 0.6 is 0 Å². The maximum Gasteiger partial charge on any atom is 0.0541 e. The smallest absolute Gasteiger partial charge is 0.0541 e. The van der Waals surface area contributed by atoms with Crippen LogP contribution in [0.15, 0.2) is 413 Å². The molecule has 0 saturated heterocycles. The zero-order valence-electron chi connectivity index (χ0n) is 60.5. The van der Waals surface area contributed by atoms with Gasteiger partial charge in [-0.25, -0.2) is 0 Å². The highest BCUT2D eigenvalue weighted by molar-refractivity contribution is 6.10. The first-order valence-corrected chi connectivity index (χ1v) is 37.7. The van der Waals surface area contributed by atoms with Crippen LogP contribution in [0.5, 0.6) is 0 Å². The molecule has 1 aliphatic carbocycles. The second kappa shape index (κ2) is 26.8. The van der Waals surface area contributed by atoms with E-state index in [-0.39, 0.29) is 5.41 Å². The van der Waals surface area contributed by atoms with E-state index in [9.17, 15) is 0 Å². The van der Waals surface area contributed by atoms with Gasteiger partial charge in [-0.2, -0.15) is 0 Å². The maximum absolute atomic E-state index is 2.46. The van der Waals surface area contributed by atoms with E-state index in [4.69, 9.17) is 0 Å². The van der Waals surface area contributed by atoms with Gasteiger partial charge in [0.25, 0.3) is 0 Å². The van der Waals surface area contributed by atoms with Crippen LogP contribution in [0.4, 0.5) is 34.1 Å². The fourth-order valence-electron chi connectivity index (χ4n) is 17.1. The lowest BCUT2D eigenvalue weighted by Crippen LogP contribution is -2.16. The summed E-state index contributed by atoms with van der Waals surface area (Å²) >= 11 is 0. The Morgan fingerprint density at radius 2 is 0.486 bits per heavy atom. The molecule has 4 nitrogen and oxygen atoms in total. The molecule has 4 heteroatoms. The lowest BCUT2D eigenvalue weighted by molar-refractivity contribution is 0.660. The van der Waals surface area contributed by atoms with Crippen molar-refractivity contribution in [1.82, 2.24) is 9.13 Å². The van der Waals surface area contributed by atoms with Crippen LogP contribution in [0, 0.1) is 0 Å². The van der Waals surface area contributed by atoms with Crippen LogP contribution in [0.3, 0.4) is 0 Å². The number of nitrogens with zero attached hydrogens (tertiary/aromatic N) is 4. The molecule has 17 aromatic carbocycles. The normalized spacial score (nSPS) is 12.2. The van der Waals surface area contributed by atoms with Crippen molar-refractivity contribution in [3.05, 3.63) is 424 Å². The molecule has 2 heterocycles. The third-order valence-electron chi connectivity index (χ3n) is 22.6. The Bertz CT molecular complexity index is 6520. The standard InChI is InChI=1S/C105H74N4/c1-105(2)97-32-13-6-27-91(97)92-68-67-88(70-98(92)105)107(85-61-51-77(52-62-85)78-55-65-87(66-56-78)109-103-37-18-11-30-95(103)96-31-12-19-38-104(96)109)100-34-15-8-26-90(100)82-24-20-23-81(69-82)79-43-45-80(46-44-79)89-25-7-14-33-99(89)106(83-57-47-74(48-58-83)71-21-4-3-5-22-71)84-59-49-75(50-60-84)72-39-41-73(42-40-72)76-53-63-86(64-54-76)108-101-35-16-9-28-93(101)94-29-10-17-36-102(94)108/h3-70H,1-2H3. The van der Waals surface area contributed by atoms with Crippen LogP contribution in [-0.2, 0) is 5.41 Å². The van der Waals surface area contributed by atoms with Gasteiger partial charge in [-0.05, 0) is 204 Å². The van der Waals surface area contributed by atoms with E-state index in [2.05, 4.69) is 445 Å². The Balaban J connectivity index is 0.606. The van der Waals surface area contributed by atoms with Gasteiger partial charge < -0.3 is 18.9 Å². The van der Waals surface area contributed by atoms with Crippen LogP contribution in [0.25, 0.3) is 144 Å². The summed E-state index contributed by atoms with van der Waals surface area (Å²) < 4.78 is 4.75. The molecule has 19 aromatic rings. The van der Waals surface area contributed by atoms with Crippen molar-refractivity contribution in [2.45, 2.75) is 19.3 Å². The summed E-state index contributed by atoms with van der Waals surface area (Å²) in [5.74, 6) is 0. The first kappa shape index (κ1) is 64.5. The molecule has 20 rings (SSSR count). The molecular formula is C105H74N4. The van der Waals surface area contributed by atoms with Crippen LogP contribution in [-0.4, -0.2) is 9.13 Å². The molecule has 514 valence electrons. The van der Waals surface area contributed by atoms with Crippen LogP contribution < -0.4 is 9.80 Å². The van der Waals surface area contributed by atoms with Gasteiger partial charge in [0.2, 0.25) is 0 Å². The molecule has 0 bridgehead atoms. The van der Waals surface area contributed by atoms with Gasteiger partial charge in [0.15, 0.2) is 0 Å². The molecule has 1 aliphatic rings. The van der Waals surface area contributed by atoms with Crippen molar-refractivity contribution in [2.24, 2.45) is 0 Å². The average molecular weight is 1390 g/mol. The minimum Gasteiger partial charge on any atom is -0.310 e. The number of anilines is 6. The Labute approximate surface area is 635 Å². The number of hydrogen-bond acceptors (Lipinski definition) is 2. The molecular weight excluding hydrogens is 1320 g/mol. The Hall–Kier alpha value is -14.1. The van der Waals surface area contributed by atoms with E-state index < -0.39 is 0 Å². The van der Waals surface area contributed by atoms with E-state index in [0.717, 1.165) is 101 Å². The Morgan fingerprint density at radius 3 is 0.936 bits per heavy atom. The summed E-state index contributed by atoms with van der Waals surface area (Å²) in [7, 11) is 0. The molecule has 109 heavy (non-hydrogen) atoms. The second-order valence-electron chi connectivity index (χ2n) is 29.2. The molecule has 2 aromatic heterocycles. The summed E-state index contributed by atoms with van der Waals surface area (Å²) in [6.45, 7) is 4.74. The third-order valence-corrected chi connectivity index (χ3v) is 22.6. The molecule has 0 spiro atoms. The topological polar surface area (TPSA) is 16.3 Å². The van der Waals surface area contributed by atoms with Gasteiger partial charge >= 0.3 is 0 Å². The van der Waals surface area contributed by atoms with Gasteiger partial charge in [-0.15, -0.1) is 0 Å². The molecule has 0 fully saturated rings. The molecule has 0 saturated carbocycles. The van der Waals surface area contributed by atoms with Gasteiger partial charge in [-0.1, -0.05) is 311 Å². The monoisotopic (exact) mass is 1390 g/mol. The van der Waals surface area contributed by atoms with Crippen molar-refractivity contribution in [2.75, 3.05) is 9.80 Å². The predicted octanol–water partition coefficient (Wildman–Crippen LogP) is 28.8. The minimum absolute atomic E-state index is 0.181. The average Bonchev–Trinajstić information content (AvgIpc) is 1.60. The maximum atomic E-state index is 2.46. The van der Waals surface area contributed by atoms with E-state index >= 15 is 0 Å². The van der Waals surface area contributed by atoms with Gasteiger partial charge in [0, 0.05) is 72.2 Å². The third kappa shape index (κ3) is 11.4. The molecule has 0 radical (unpaired) electrons. The SMILES string of the molecule is CC1(C)c2ccccc2-c2ccc(N(c3ccc(-c4ccc(-n5c6ccccc6c6ccccc65)cc4)cc3)c3ccccc3-c3cccc(-c4ccc(-c5ccccc5N(c5ccc(-c6ccccc6)cc5)c5ccc(-c6ccc(-c7ccc(-n8c9ccccc9c9ccccc98)cc7)cc6)cc5)cc4)c3)cc21. The number of aromatic nitrogens is 2. The zero-order chi connectivity index (χ0) is 72.5. The fraction of sp³-hybridized carbons (Fsp3) is 0.0286. The summed E-state index contributed by atoms with van der Waals surface area (Å²) in [6, 6.07) is 152. The number of rotatable bonds is 15. The van der Waals surface area contributed by atoms with Crippen LogP contribution in [0.2, 0.25) is 0 Å². The van der Waals surface area contributed by atoms with E-state index in [1.165, 1.54) is 88.1 Å². The second-order valence-corrected chi connectivity index (χ2v) is 29.2. The fourth-order valence-corrected chi connectivity index (χ4v) is 17.1. The van der Waals surface area contributed by atoms with E-state index in [1.807, 2.05) is 0 Å². The van der Waals surface area contributed by atoms with Crippen molar-refractivity contribution in [1.29, 1.82) is 0 Å². The first-order valence-electron chi connectivity index (χ1n) is 37.7. The number of benzene rings is 17. The first-order chi connectivity index (χ1) is 53.8. The lowest BCUT2D eigenvalue weighted by atomic mass is 9.82. The quantitative estimate of drug-likeness (QED) is 0.102. The summed E-state index contributed by atoms with van der Waals surface area (Å²) in [6.07, 6.45) is 0. The Morgan fingerprint density at radius 1 is 0.193 bits per heavy atom. The highest BCUT2D eigenvalue weighted by atomic mass is 15.2. The summed E-state index contributed by atoms with van der Waals surface area (Å²) in [5, 5.41) is 5.05. The van der Waals surface area contributed by atoms with Crippen molar-refractivity contribution in [3.8, 4) is 100 Å². The van der Waals surface area contributed by atoms with Gasteiger partial charge in [0.05, 0.1) is 33.4 Å². The van der Waals surface area contributed by atoms with E-state index in [1.54, 1.807) is 0 Å². The van der Waals surface area contributed by atoms with Crippen molar-refractivity contribution >= 4 is 77.7 Å². The number of para-hydroxylation sites is 6. The molecule has 0 aliphatic heterocycles. The minimum atomic E-state index is -0.181. The number of hydrogen-bond donors (Lipinski definition) is 0. The molecule has 0 N–H and O–H groups in total. The summed E-state index contributed by atoms with van der Waals surface area (Å²) in [4.78, 5) is 4.87. The molecule has 0 unspecified atom stereocenters. The lowest BCUT2D eigenvalue weighted by Gasteiger charge is -2.30. The zero-order valence-corrected chi connectivity index (χ0v) is 60.5. The molecule has 0 amide bonds. The molecule has 0 atom stereocenters. The van der Waals surface area contributed by atoms with Crippen LogP contribution in [0.1, 0.15) is 25.0 Å². The van der Waals surface area contributed by atoms with Gasteiger partial charge in [0.1, 0.15) is 0 Å². The summed E-state index contributed by atoms with van der Waals surface area (Å²) in [5.41, 5.74) is 34.9. The predicted molar refractivity (Wildman–Crippen MR) is 460 cm³/mol. The van der Waals surface area contributed by atoms with Gasteiger partial charge in [-0.3, -0.25) is 0 Å². The van der Waals surface area contributed by atoms with Crippen molar-refractivity contribution in [3.63, 3.8) is 0 Å². The largest absolute Gasteiger partial charge is 0.310 e. The number of fused-ring (bicyclic) bond motifs is 9. The highest BCUT2D eigenvalue weighted by Gasteiger charge is 2.36.